The number of aromatic hydroxyl groups is 1. The summed E-state index contributed by atoms with van der Waals surface area (Å²) in [6, 6.07) is 4.68. The minimum absolute atomic E-state index is 0.179. The molecule has 2 N–H and O–H groups in total. The standard InChI is InChI=1S/C18H24O3/c1-13(2)5-4-6-14(3)7-8-15-11-16(18(21)12-19)9-10-17(15)20/h5,7,9-11,19-20H,4,6,8,12H2,1-3H3/b14-7+. The van der Waals surface area contributed by atoms with Crippen molar-refractivity contribution in [3.8, 4) is 5.75 Å². The molecule has 0 heterocycles. The molecular weight excluding hydrogens is 264 g/mol. The SMILES string of the molecule is CC(C)=CCC/C(C)=C/Cc1cc(C(=O)CO)ccc1O. The van der Waals surface area contributed by atoms with Crippen molar-refractivity contribution in [3.63, 3.8) is 0 Å². The second-order valence-corrected chi connectivity index (χ2v) is 5.50. The summed E-state index contributed by atoms with van der Waals surface area (Å²) in [4.78, 5) is 11.5. The third-order valence-corrected chi connectivity index (χ3v) is 3.31. The summed E-state index contributed by atoms with van der Waals surface area (Å²) in [5, 5.41) is 18.7. The van der Waals surface area contributed by atoms with Crippen molar-refractivity contribution in [2.24, 2.45) is 0 Å². The third-order valence-electron chi connectivity index (χ3n) is 3.31. The van der Waals surface area contributed by atoms with E-state index < -0.39 is 6.61 Å². The Kier molecular flexibility index (Phi) is 6.89. The van der Waals surface area contributed by atoms with Gasteiger partial charge in [0.1, 0.15) is 12.4 Å². The van der Waals surface area contributed by atoms with Crippen molar-refractivity contribution >= 4 is 5.78 Å². The second kappa shape index (κ2) is 8.42. The highest BCUT2D eigenvalue weighted by Crippen LogP contribution is 2.21. The van der Waals surface area contributed by atoms with Gasteiger partial charge in [0.2, 0.25) is 0 Å². The lowest BCUT2D eigenvalue weighted by molar-refractivity contribution is 0.0903. The maximum absolute atomic E-state index is 11.5. The summed E-state index contributed by atoms with van der Waals surface area (Å²) in [5.41, 5.74) is 3.71. The van der Waals surface area contributed by atoms with E-state index in [-0.39, 0.29) is 11.5 Å². The van der Waals surface area contributed by atoms with E-state index in [9.17, 15) is 9.90 Å². The van der Waals surface area contributed by atoms with Crippen molar-refractivity contribution in [2.75, 3.05) is 6.61 Å². The molecule has 0 amide bonds. The van der Waals surface area contributed by atoms with Crippen LogP contribution in [0, 0.1) is 0 Å². The molecule has 0 saturated heterocycles. The molecule has 3 nitrogen and oxygen atoms in total. The number of hydrogen-bond acceptors (Lipinski definition) is 3. The highest BCUT2D eigenvalue weighted by molar-refractivity contribution is 5.97. The lowest BCUT2D eigenvalue weighted by Crippen LogP contribution is -2.04. The molecule has 0 aliphatic heterocycles. The van der Waals surface area contributed by atoms with E-state index in [0.29, 0.717) is 17.5 Å². The lowest BCUT2D eigenvalue weighted by atomic mass is 10.0. The van der Waals surface area contributed by atoms with Crippen LogP contribution in [0.1, 0.15) is 49.5 Å². The van der Waals surface area contributed by atoms with E-state index in [1.54, 1.807) is 6.07 Å². The van der Waals surface area contributed by atoms with Crippen molar-refractivity contribution in [1.29, 1.82) is 0 Å². The van der Waals surface area contributed by atoms with Crippen molar-refractivity contribution < 1.29 is 15.0 Å². The molecule has 0 unspecified atom stereocenters. The Labute approximate surface area is 126 Å². The number of aliphatic hydroxyl groups is 1. The zero-order chi connectivity index (χ0) is 15.8. The molecule has 0 atom stereocenters. The smallest absolute Gasteiger partial charge is 0.188 e. The zero-order valence-corrected chi connectivity index (χ0v) is 13.0. The van der Waals surface area contributed by atoms with Gasteiger partial charge < -0.3 is 10.2 Å². The molecule has 114 valence electrons. The first kappa shape index (κ1) is 17.2. The number of aliphatic hydroxyl groups excluding tert-OH is 1. The van der Waals surface area contributed by atoms with Gasteiger partial charge in [-0.05, 0) is 63.8 Å². The number of Topliss-reactive ketones (excluding diaryl/α,β-unsaturated/α-hetero) is 1. The van der Waals surface area contributed by atoms with Gasteiger partial charge in [0.15, 0.2) is 5.78 Å². The van der Waals surface area contributed by atoms with E-state index in [0.717, 1.165) is 12.8 Å². The molecule has 3 heteroatoms. The van der Waals surface area contributed by atoms with Gasteiger partial charge in [-0.1, -0.05) is 23.3 Å². The molecule has 0 aliphatic carbocycles. The van der Waals surface area contributed by atoms with Crippen LogP contribution >= 0.6 is 0 Å². The number of ketones is 1. The maximum Gasteiger partial charge on any atom is 0.188 e. The number of phenols is 1. The van der Waals surface area contributed by atoms with Crippen LogP contribution in [0.5, 0.6) is 5.75 Å². The summed E-state index contributed by atoms with van der Waals surface area (Å²) in [7, 11) is 0. The van der Waals surface area contributed by atoms with Gasteiger partial charge in [-0.2, -0.15) is 0 Å². The van der Waals surface area contributed by atoms with Gasteiger partial charge in [-0.3, -0.25) is 4.79 Å². The number of carbonyl (C=O) groups is 1. The van der Waals surface area contributed by atoms with Crippen molar-refractivity contribution in [1.82, 2.24) is 0 Å². The fourth-order valence-corrected chi connectivity index (χ4v) is 1.99. The van der Waals surface area contributed by atoms with Crippen LogP contribution in [-0.4, -0.2) is 22.6 Å². The normalized spacial score (nSPS) is 11.3. The molecule has 1 rings (SSSR count). The summed E-state index contributed by atoms with van der Waals surface area (Å²) in [5.74, 6) is -0.154. The number of rotatable bonds is 7. The molecule has 0 aliphatic rings. The van der Waals surface area contributed by atoms with E-state index in [2.05, 4.69) is 32.9 Å². The summed E-state index contributed by atoms with van der Waals surface area (Å²) in [6.07, 6.45) is 6.86. The zero-order valence-electron chi connectivity index (χ0n) is 13.0. The summed E-state index contributed by atoms with van der Waals surface area (Å²) >= 11 is 0. The first-order valence-electron chi connectivity index (χ1n) is 7.19. The summed E-state index contributed by atoms with van der Waals surface area (Å²) in [6.45, 7) is 5.72. The molecule has 0 spiro atoms. The predicted octanol–water partition coefficient (Wildman–Crippen LogP) is 3.80. The van der Waals surface area contributed by atoms with Gasteiger partial charge in [-0.25, -0.2) is 0 Å². The Morgan fingerprint density at radius 2 is 1.90 bits per heavy atom. The van der Waals surface area contributed by atoms with Gasteiger partial charge in [0, 0.05) is 5.56 Å². The van der Waals surface area contributed by atoms with Crippen LogP contribution in [0.2, 0.25) is 0 Å². The minimum Gasteiger partial charge on any atom is -0.508 e. The number of hydrogen-bond donors (Lipinski definition) is 2. The molecule has 1 aromatic carbocycles. The van der Waals surface area contributed by atoms with Crippen LogP contribution in [0.3, 0.4) is 0 Å². The Morgan fingerprint density at radius 1 is 1.19 bits per heavy atom. The van der Waals surface area contributed by atoms with E-state index in [1.807, 2.05) is 0 Å². The average molecular weight is 288 g/mol. The Hall–Kier alpha value is -1.87. The van der Waals surface area contributed by atoms with Gasteiger partial charge in [-0.15, -0.1) is 0 Å². The van der Waals surface area contributed by atoms with Crippen molar-refractivity contribution in [2.45, 2.75) is 40.0 Å². The lowest BCUT2D eigenvalue weighted by Gasteiger charge is -2.06. The van der Waals surface area contributed by atoms with Crippen LogP contribution < -0.4 is 0 Å². The largest absolute Gasteiger partial charge is 0.508 e. The number of benzene rings is 1. The molecule has 0 bridgehead atoms. The van der Waals surface area contributed by atoms with Crippen LogP contribution in [0.4, 0.5) is 0 Å². The van der Waals surface area contributed by atoms with E-state index in [1.165, 1.54) is 23.3 Å². The molecule has 21 heavy (non-hydrogen) atoms. The average Bonchev–Trinajstić information content (AvgIpc) is 2.45. The molecule has 0 aromatic heterocycles. The molecular formula is C18H24O3. The monoisotopic (exact) mass is 288 g/mol. The van der Waals surface area contributed by atoms with Crippen LogP contribution in [-0.2, 0) is 6.42 Å². The highest BCUT2D eigenvalue weighted by atomic mass is 16.3. The quantitative estimate of drug-likeness (QED) is 0.592. The highest BCUT2D eigenvalue weighted by Gasteiger charge is 2.07. The number of phenolic OH excluding ortho intramolecular Hbond substituents is 1. The first-order valence-corrected chi connectivity index (χ1v) is 7.19. The third kappa shape index (κ3) is 5.96. The second-order valence-electron chi connectivity index (χ2n) is 5.50. The van der Waals surface area contributed by atoms with Crippen LogP contribution in [0.15, 0.2) is 41.5 Å². The van der Waals surface area contributed by atoms with Crippen molar-refractivity contribution in [3.05, 3.63) is 52.6 Å². The van der Waals surface area contributed by atoms with Gasteiger partial charge >= 0.3 is 0 Å². The Balaban J connectivity index is 2.73. The topological polar surface area (TPSA) is 57.5 Å². The molecule has 0 radical (unpaired) electrons. The van der Waals surface area contributed by atoms with Crippen LogP contribution in [0.25, 0.3) is 0 Å². The Bertz CT molecular complexity index is 550. The fraction of sp³-hybridized carbons (Fsp3) is 0.389. The fourth-order valence-electron chi connectivity index (χ4n) is 1.99. The minimum atomic E-state index is -0.512. The molecule has 0 saturated carbocycles. The molecule has 1 aromatic rings. The molecule has 0 fully saturated rings. The van der Waals surface area contributed by atoms with E-state index in [4.69, 9.17) is 5.11 Å². The Morgan fingerprint density at radius 3 is 2.52 bits per heavy atom. The van der Waals surface area contributed by atoms with Gasteiger partial charge in [0.25, 0.3) is 0 Å². The van der Waals surface area contributed by atoms with E-state index >= 15 is 0 Å². The maximum atomic E-state index is 11.5. The number of carbonyl (C=O) groups excluding carboxylic acids is 1. The first-order chi connectivity index (χ1) is 9.93. The predicted molar refractivity (Wildman–Crippen MR) is 85.6 cm³/mol. The number of allylic oxidation sites excluding steroid dienone is 4. The summed E-state index contributed by atoms with van der Waals surface area (Å²) < 4.78 is 0. The van der Waals surface area contributed by atoms with Gasteiger partial charge in [0.05, 0.1) is 0 Å².